The lowest BCUT2D eigenvalue weighted by molar-refractivity contribution is 0.157. The van der Waals surface area contributed by atoms with Gasteiger partial charge in [-0.2, -0.15) is 12.6 Å². The van der Waals surface area contributed by atoms with E-state index in [0.717, 1.165) is 5.92 Å². The number of hydrogen-bond acceptors (Lipinski definition) is 1. The summed E-state index contributed by atoms with van der Waals surface area (Å²) in [5.41, 5.74) is 1.08. The Bertz CT molecular complexity index is 185. The van der Waals surface area contributed by atoms with E-state index in [-0.39, 0.29) is 0 Å². The Labute approximate surface area is 75.2 Å². The summed E-state index contributed by atoms with van der Waals surface area (Å²) in [6, 6.07) is 0. The Hall–Kier alpha value is 0.350. The first kappa shape index (κ1) is 7.97. The van der Waals surface area contributed by atoms with Crippen LogP contribution in [0.15, 0.2) is 0 Å². The Kier molecular flexibility index (Phi) is 1.44. The molecule has 0 aliphatic heterocycles. The van der Waals surface area contributed by atoms with Crippen molar-refractivity contribution in [1.82, 2.24) is 0 Å². The van der Waals surface area contributed by atoms with Crippen LogP contribution >= 0.6 is 12.6 Å². The molecule has 11 heavy (non-hydrogen) atoms. The molecule has 2 rings (SSSR count). The van der Waals surface area contributed by atoms with Gasteiger partial charge in [-0.05, 0) is 36.0 Å². The van der Waals surface area contributed by atoms with Crippen molar-refractivity contribution in [3.05, 3.63) is 0 Å². The van der Waals surface area contributed by atoms with Crippen molar-refractivity contribution < 1.29 is 0 Å². The predicted molar refractivity (Wildman–Crippen MR) is 52.0 cm³/mol. The second-order valence-electron chi connectivity index (χ2n) is 5.13. The number of hydrogen-bond donors (Lipinski definition) is 1. The molecule has 2 saturated carbocycles. The van der Waals surface area contributed by atoms with Crippen molar-refractivity contribution in [2.45, 2.75) is 45.3 Å². The maximum absolute atomic E-state index is 4.70. The van der Waals surface area contributed by atoms with Crippen LogP contribution in [0.3, 0.4) is 0 Å². The average Bonchev–Trinajstić information content (AvgIpc) is 2.20. The van der Waals surface area contributed by atoms with Gasteiger partial charge in [-0.25, -0.2) is 0 Å². The van der Waals surface area contributed by atoms with Gasteiger partial charge >= 0.3 is 0 Å². The van der Waals surface area contributed by atoms with Crippen molar-refractivity contribution >= 4 is 12.6 Å². The molecule has 2 aliphatic rings. The third-order valence-corrected chi connectivity index (χ3v) is 5.53. The molecular formula is C10H18S. The van der Waals surface area contributed by atoms with E-state index in [9.17, 15) is 0 Å². The van der Waals surface area contributed by atoms with Gasteiger partial charge in [0.25, 0.3) is 0 Å². The highest BCUT2D eigenvalue weighted by molar-refractivity contribution is 7.81. The Morgan fingerprint density at radius 2 is 1.91 bits per heavy atom. The van der Waals surface area contributed by atoms with Crippen LogP contribution in [0.25, 0.3) is 0 Å². The first-order valence-corrected chi connectivity index (χ1v) is 5.18. The van der Waals surface area contributed by atoms with Crippen LogP contribution in [0.4, 0.5) is 0 Å². The lowest BCUT2D eigenvalue weighted by Crippen LogP contribution is -2.32. The zero-order valence-corrected chi connectivity index (χ0v) is 8.62. The van der Waals surface area contributed by atoms with Gasteiger partial charge in [0.1, 0.15) is 0 Å². The van der Waals surface area contributed by atoms with Crippen molar-refractivity contribution in [2.75, 3.05) is 0 Å². The van der Waals surface area contributed by atoms with Crippen LogP contribution in [0.2, 0.25) is 0 Å². The van der Waals surface area contributed by atoms with Gasteiger partial charge in [-0.1, -0.05) is 20.8 Å². The second-order valence-corrected chi connectivity index (χ2v) is 5.75. The van der Waals surface area contributed by atoms with E-state index in [2.05, 4.69) is 20.8 Å². The van der Waals surface area contributed by atoms with E-state index in [1.54, 1.807) is 0 Å². The van der Waals surface area contributed by atoms with E-state index in [1.165, 1.54) is 19.3 Å². The normalized spacial score (nSPS) is 53.5. The van der Waals surface area contributed by atoms with Crippen molar-refractivity contribution in [1.29, 1.82) is 0 Å². The zero-order valence-electron chi connectivity index (χ0n) is 7.72. The smallest absolute Gasteiger partial charge is 0.00786 e. The largest absolute Gasteiger partial charge is 0.175 e. The summed E-state index contributed by atoms with van der Waals surface area (Å²) in [5, 5.41) is 0.663. The molecular weight excluding hydrogens is 152 g/mol. The maximum Gasteiger partial charge on any atom is 0.00786 e. The summed E-state index contributed by atoms with van der Waals surface area (Å²) in [6.07, 6.45) is 4.20. The predicted octanol–water partition coefficient (Wildman–Crippen LogP) is 3.13. The quantitative estimate of drug-likeness (QED) is 0.531. The van der Waals surface area contributed by atoms with Crippen LogP contribution in [0.5, 0.6) is 0 Å². The third-order valence-electron chi connectivity index (χ3n) is 4.75. The first-order valence-electron chi connectivity index (χ1n) is 4.66. The minimum atomic E-state index is 0.529. The molecule has 2 bridgehead atoms. The van der Waals surface area contributed by atoms with Gasteiger partial charge in [0.15, 0.2) is 0 Å². The molecule has 2 aliphatic carbocycles. The number of fused-ring (bicyclic) bond motifs is 2. The van der Waals surface area contributed by atoms with Crippen LogP contribution in [0, 0.1) is 16.7 Å². The van der Waals surface area contributed by atoms with E-state index in [4.69, 9.17) is 12.6 Å². The summed E-state index contributed by atoms with van der Waals surface area (Å²) >= 11 is 4.70. The monoisotopic (exact) mass is 170 g/mol. The van der Waals surface area contributed by atoms with Crippen molar-refractivity contribution in [2.24, 2.45) is 16.7 Å². The highest BCUT2D eigenvalue weighted by atomic mass is 32.1. The third kappa shape index (κ3) is 0.734. The molecule has 0 radical (unpaired) electrons. The molecule has 0 aromatic rings. The summed E-state index contributed by atoms with van der Waals surface area (Å²) in [5.74, 6) is 0.954. The topological polar surface area (TPSA) is 0 Å². The molecule has 3 atom stereocenters. The van der Waals surface area contributed by atoms with Crippen LogP contribution in [-0.2, 0) is 0 Å². The van der Waals surface area contributed by atoms with Gasteiger partial charge in [-0.3, -0.25) is 0 Å². The van der Waals surface area contributed by atoms with Gasteiger partial charge in [0.05, 0.1) is 0 Å². The summed E-state index contributed by atoms with van der Waals surface area (Å²) in [6.45, 7) is 7.29. The number of thiol groups is 1. The lowest BCUT2D eigenvalue weighted by Gasteiger charge is -2.37. The average molecular weight is 170 g/mol. The van der Waals surface area contributed by atoms with E-state index in [1.807, 2.05) is 0 Å². The summed E-state index contributed by atoms with van der Waals surface area (Å²) < 4.78 is 0. The molecule has 0 aromatic carbocycles. The molecule has 64 valence electrons. The van der Waals surface area contributed by atoms with Crippen LogP contribution in [0.1, 0.15) is 40.0 Å². The van der Waals surface area contributed by atoms with Crippen molar-refractivity contribution in [3.63, 3.8) is 0 Å². The fraction of sp³-hybridized carbons (Fsp3) is 1.00. The van der Waals surface area contributed by atoms with E-state index in [0.29, 0.717) is 16.1 Å². The standard InChI is InChI=1S/C10H18S/c1-9(2)7-4-5-10(9,3)8(11)6-7/h7-8,11H,4-6H2,1-3H3/t7-,8?,10-/m1/s1. The molecule has 1 heteroatoms. The highest BCUT2D eigenvalue weighted by Gasteiger charge is 2.60. The molecule has 0 aromatic heterocycles. The summed E-state index contributed by atoms with van der Waals surface area (Å²) in [4.78, 5) is 0. The Morgan fingerprint density at radius 1 is 1.27 bits per heavy atom. The Balaban J connectivity index is 2.40. The fourth-order valence-corrected chi connectivity index (χ4v) is 3.88. The number of rotatable bonds is 0. The maximum atomic E-state index is 4.70. The molecule has 0 saturated heterocycles. The molecule has 0 amide bonds. The molecule has 2 fully saturated rings. The van der Waals surface area contributed by atoms with Crippen LogP contribution < -0.4 is 0 Å². The first-order chi connectivity index (χ1) is 4.98. The summed E-state index contributed by atoms with van der Waals surface area (Å²) in [7, 11) is 0. The zero-order chi connectivity index (χ0) is 8.28. The van der Waals surface area contributed by atoms with Crippen molar-refractivity contribution in [3.8, 4) is 0 Å². The van der Waals surface area contributed by atoms with Gasteiger partial charge < -0.3 is 0 Å². The van der Waals surface area contributed by atoms with Crippen LogP contribution in [-0.4, -0.2) is 5.25 Å². The van der Waals surface area contributed by atoms with E-state index >= 15 is 0 Å². The Morgan fingerprint density at radius 3 is 2.09 bits per heavy atom. The molecule has 1 unspecified atom stereocenters. The van der Waals surface area contributed by atoms with Gasteiger partial charge in [0.2, 0.25) is 0 Å². The van der Waals surface area contributed by atoms with Gasteiger partial charge in [-0.15, -0.1) is 0 Å². The lowest BCUT2D eigenvalue weighted by atomic mass is 9.71. The minimum absolute atomic E-state index is 0.529. The molecule has 0 N–H and O–H groups in total. The fourth-order valence-electron chi connectivity index (χ4n) is 3.16. The molecule has 0 nitrogen and oxygen atoms in total. The SMILES string of the molecule is CC1(C)[C@@H]2CC[C@]1(C)C(S)C2. The molecule has 0 heterocycles. The second kappa shape index (κ2) is 1.99. The minimum Gasteiger partial charge on any atom is -0.175 e. The molecule has 0 spiro atoms. The highest BCUT2D eigenvalue weighted by Crippen LogP contribution is 2.66. The van der Waals surface area contributed by atoms with Gasteiger partial charge in [0, 0.05) is 5.25 Å². The van der Waals surface area contributed by atoms with E-state index < -0.39 is 0 Å².